The van der Waals surface area contributed by atoms with Gasteiger partial charge in [-0.2, -0.15) is 0 Å². The Bertz CT molecular complexity index is 599. The van der Waals surface area contributed by atoms with Crippen LogP contribution < -0.4 is 5.32 Å². The van der Waals surface area contributed by atoms with E-state index in [0.717, 1.165) is 5.56 Å². The van der Waals surface area contributed by atoms with E-state index in [1.165, 1.54) is 12.1 Å². The number of alkyl halides is 1. The van der Waals surface area contributed by atoms with Crippen molar-refractivity contribution >= 4 is 29.1 Å². The van der Waals surface area contributed by atoms with E-state index in [2.05, 4.69) is 5.32 Å². The van der Waals surface area contributed by atoms with Crippen LogP contribution >= 0.6 is 23.2 Å². The third-order valence-electron chi connectivity index (χ3n) is 3.09. The Labute approximate surface area is 132 Å². The number of carbonyl (C=O) groups excluding carboxylic acids is 1. The van der Waals surface area contributed by atoms with Crippen molar-refractivity contribution in [2.75, 3.05) is 5.88 Å². The Hall–Kier alpha value is -1.58. The molecule has 1 atom stereocenters. The van der Waals surface area contributed by atoms with E-state index in [0.29, 0.717) is 0 Å². The van der Waals surface area contributed by atoms with Crippen LogP contribution in [0.5, 0.6) is 0 Å². The predicted octanol–water partition coefficient (Wildman–Crippen LogP) is 4.12. The van der Waals surface area contributed by atoms with Crippen molar-refractivity contribution < 1.29 is 9.18 Å². The normalized spacial score (nSPS) is 12.0. The molecule has 2 aromatic carbocycles. The van der Waals surface area contributed by atoms with Crippen LogP contribution in [-0.4, -0.2) is 11.8 Å². The summed E-state index contributed by atoms with van der Waals surface area (Å²) in [5, 5.41) is 3.03. The van der Waals surface area contributed by atoms with Crippen molar-refractivity contribution in [3.05, 3.63) is 70.5 Å². The Morgan fingerprint density at radius 2 is 1.86 bits per heavy atom. The molecule has 110 valence electrons. The topological polar surface area (TPSA) is 29.1 Å². The first-order chi connectivity index (χ1) is 10.1. The van der Waals surface area contributed by atoms with Gasteiger partial charge in [-0.05, 0) is 17.7 Å². The molecule has 0 bridgehead atoms. The first-order valence-electron chi connectivity index (χ1n) is 6.45. The molecule has 0 spiro atoms. The van der Waals surface area contributed by atoms with Crippen LogP contribution in [0.4, 0.5) is 4.39 Å². The molecule has 21 heavy (non-hydrogen) atoms. The Morgan fingerprint density at radius 3 is 2.48 bits per heavy atom. The molecule has 0 aliphatic heterocycles. The molecule has 0 saturated heterocycles. The van der Waals surface area contributed by atoms with E-state index in [1.54, 1.807) is 6.07 Å². The molecular weight excluding hydrogens is 312 g/mol. The van der Waals surface area contributed by atoms with Crippen molar-refractivity contribution in [2.24, 2.45) is 0 Å². The quantitative estimate of drug-likeness (QED) is 0.823. The minimum atomic E-state index is -0.486. The molecule has 0 saturated carbocycles. The molecule has 0 radical (unpaired) electrons. The molecule has 1 unspecified atom stereocenters. The summed E-state index contributed by atoms with van der Waals surface area (Å²) >= 11 is 11.8. The summed E-state index contributed by atoms with van der Waals surface area (Å²) in [4.78, 5) is 12.1. The highest BCUT2D eigenvalue weighted by Gasteiger charge is 2.16. The van der Waals surface area contributed by atoms with Crippen LogP contribution in [-0.2, 0) is 11.2 Å². The van der Waals surface area contributed by atoms with Gasteiger partial charge >= 0.3 is 0 Å². The summed E-state index contributed by atoms with van der Waals surface area (Å²) in [7, 11) is 0. The maximum Gasteiger partial charge on any atom is 0.225 e. The van der Waals surface area contributed by atoms with Gasteiger partial charge in [0.1, 0.15) is 5.82 Å². The van der Waals surface area contributed by atoms with Crippen molar-refractivity contribution in [1.82, 2.24) is 5.32 Å². The maximum atomic E-state index is 13.7. The number of hydrogen-bond donors (Lipinski definition) is 1. The highest BCUT2D eigenvalue weighted by atomic mass is 35.5. The lowest BCUT2D eigenvalue weighted by Crippen LogP contribution is -2.31. The molecule has 0 heterocycles. The van der Waals surface area contributed by atoms with E-state index >= 15 is 0 Å². The number of hydrogen-bond acceptors (Lipinski definition) is 1. The second kappa shape index (κ2) is 7.43. The van der Waals surface area contributed by atoms with Gasteiger partial charge in [-0.25, -0.2) is 4.39 Å². The highest BCUT2D eigenvalue weighted by molar-refractivity contribution is 6.31. The van der Waals surface area contributed by atoms with E-state index in [9.17, 15) is 9.18 Å². The highest BCUT2D eigenvalue weighted by Crippen LogP contribution is 2.20. The lowest BCUT2D eigenvalue weighted by atomic mass is 10.1. The zero-order chi connectivity index (χ0) is 15.2. The number of nitrogens with one attached hydrogen (secondary N) is 1. The van der Waals surface area contributed by atoms with Gasteiger partial charge in [0.15, 0.2) is 0 Å². The van der Waals surface area contributed by atoms with Gasteiger partial charge in [0.05, 0.1) is 12.5 Å². The Kier molecular flexibility index (Phi) is 5.59. The van der Waals surface area contributed by atoms with Crippen LogP contribution in [0.2, 0.25) is 5.02 Å². The van der Waals surface area contributed by atoms with Gasteiger partial charge in [0, 0.05) is 16.5 Å². The first kappa shape index (κ1) is 15.8. The largest absolute Gasteiger partial charge is 0.348 e. The zero-order valence-corrected chi connectivity index (χ0v) is 12.7. The van der Waals surface area contributed by atoms with Crippen molar-refractivity contribution in [1.29, 1.82) is 0 Å². The summed E-state index contributed by atoms with van der Waals surface area (Å²) in [5.74, 6) is -0.572. The summed E-state index contributed by atoms with van der Waals surface area (Å²) in [6.07, 6.45) is -0.119. The molecular formula is C16H14Cl2FNO. The standard InChI is InChI=1S/C16H14Cl2FNO/c17-10-15(11-5-2-1-3-6-11)20-16(21)9-12-13(18)7-4-8-14(12)19/h1-8,15H,9-10H2,(H,20,21). The number of amides is 1. The lowest BCUT2D eigenvalue weighted by molar-refractivity contribution is -0.121. The molecule has 1 N–H and O–H groups in total. The molecule has 5 heteroatoms. The minimum absolute atomic E-state index is 0.119. The molecule has 1 amide bonds. The molecule has 2 nitrogen and oxygen atoms in total. The number of benzene rings is 2. The third-order valence-corrected chi connectivity index (χ3v) is 3.75. The SMILES string of the molecule is O=C(Cc1c(F)cccc1Cl)NC(CCl)c1ccccc1. The first-order valence-corrected chi connectivity index (χ1v) is 7.36. The molecule has 0 aliphatic rings. The number of halogens is 3. The van der Waals surface area contributed by atoms with Crippen LogP contribution in [0.1, 0.15) is 17.2 Å². The van der Waals surface area contributed by atoms with E-state index in [-0.39, 0.29) is 34.8 Å². The van der Waals surface area contributed by atoms with Gasteiger partial charge in [-0.1, -0.05) is 48.0 Å². The van der Waals surface area contributed by atoms with Gasteiger partial charge in [0.25, 0.3) is 0 Å². The van der Waals surface area contributed by atoms with Gasteiger partial charge in [0.2, 0.25) is 5.91 Å². The summed E-state index contributed by atoms with van der Waals surface area (Å²) in [5.41, 5.74) is 1.10. The Morgan fingerprint density at radius 1 is 1.14 bits per heavy atom. The van der Waals surface area contributed by atoms with Crippen LogP contribution in [0.25, 0.3) is 0 Å². The summed E-state index contributed by atoms with van der Waals surface area (Å²) < 4.78 is 13.7. The van der Waals surface area contributed by atoms with Crippen LogP contribution in [0.15, 0.2) is 48.5 Å². The number of carbonyl (C=O) groups is 1. The number of rotatable bonds is 5. The van der Waals surface area contributed by atoms with Crippen molar-refractivity contribution in [3.63, 3.8) is 0 Å². The average Bonchev–Trinajstić information content (AvgIpc) is 2.49. The van der Waals surface area contributed by atoms with Crippen molar-refractivity contribution in [2.45, 2.75) is 12.5 Å². The molecule has 0 fully saturated rings. The van der Waals surface area contributed by atoms with Gasteiger partial charge in [-0.15, -0.1) is 11.6 Å². The smallest absolute Gasteiger partial charge is 0.225 e. The maximum absolute atomic E-state index is 13.7. The molecule has 2 aromatic rings. The van der Waals surface area contributed by atoms with Crippen LogP contribution in [0.3, 0.4) is 0 Å². The summed E-state index contributed by atoms with van der Waals surface area (Å²) in [6.45, 7) is 0. The molecule has 0 aromatic heterocycles. The van der Waals surface area contributed by atoms with E-state index in [4.69, 9.17) is 23.2 Å². The molecule has 2 rings (SSSR count). The third kappa shape index (κ3) is 4.19. The van der Waals surface area contributed by atoms with Crippen LogP contribution in [0, 0.1) is 5.82 Å². The predicted molar refractivity (Wildman–Crippen MR) is 83.2 cm³/mol. The fourth-order valence-electron chi connectivity index (χ4n) is 2.00. The van der Waals surface area contributed by atoms with Gasteiger partial charge in [-0.3, -0.25) is 4.79 Å². The second-order valence-electron chi connectivity index (χ2n) is 4.56. The van der Waals surface area contributed by atoms with Crippen molar-refractivity contribution in [3.8, 4) is 0 Å². The fourth-order valence-corrected chi connectivity index (χ4v) is 2.49. The zero-order valence-electron chi connectivity index (χ0n) is 11.2. The molecule has 0 aliphatic carbocycles. The second-order valence-corrected chi connectivity index (χ2v) is 5.28. The van der Waals surface area contributed by atoms with Gasteiger partial charge < -0.3 is 5.32 Å². The lowest BCUT2D eigenvalue weighted by Gasteiger charge is -2.17. The Balaban J connectivity index is 2.07. The summed E-state index contributed by atoms with van der Waals surface area (Å²) in [6, 6.07) is 13.4. The van der Waals surface area contributed by atoms with E-state index in [1.807, 2.05) is 30.3 Å². The average molecular weight is 326 g/mol. The fraction of sp³-hybridized carbons (Fsp3) is 0.188. The minimum Gasteiger partial charge on any atom is -0.348 e. The van der Waals surface area contributed by atoms with E-state index < -0.39 is 5.82 Å². The monoisotopic (exact) mass is 325 g/mol.